The molecule has 7 heteroatoms. The van der Waals surface area contributed by atoms with E-state index in [2.05, 4.69) is 22.0 Å². The molecule has 7 nitrogen and oxygen atoms in total. The third-order valence-electron chi connectivity index (χ3n) is 2.86. The van der Waals surface area contributed by atoms with Gasteiger partial charge in [0.25, 0.3) is 0 Å². The van der Waals surface area contributed by atoms with E-state index in [4.69, 9.17) is 20.1 Å². The Morgan fingerprint density at radius 2 is 2.47 bits per heavy atom. The molecule has 3 N–H and O–H groups in total. The minimum atomic E-state index is -0.623. The molecule has 1 saturated heterocycles. The maximum absolute atomic E-state index is 8.90. The molecule has 0 bridgehead atoms. The molecule has 2 rings (SSSR count). The number of aliphatic hydroxyl groups is 1. The van der Waals surface area contributed by atoms with E-state index in [9.17, 15) is 0 Å². The molecule has 2 heterocycles. The average Bonchev–Trinajstić information content (AvgIpc) is 2.87. The molecule has 0 aromatic carbocycles. The van der Waals surface area contributed by atoms with E-state index in [0.29, 0.717) is 12.4 Å². The Balaban J connectivity index is 2.04. The number of aromatic nitrogens is 2. The van der Waals surface area contributed by atoms with Gasteiger partial charge in [-0.1, -0.05) is 12.1 Å². The van der Waals surface area contributed by atoms with Crippen LogP contribution in [0.15, 0.2) is 4.52 Å². The fraction of sp³-hybridized carbons (Fsp3) is 0.800. The number of nitrogens with two attached hydrogens (primary N) is 1. The molecule has 1 aromatic heterocycles. The van der Waals surface area contributed by atoms with Gasteiger partial charge in [0.05, 0.1) is 13.2 Å². The van der Waals surface area contributed by atoms with Crippen molar-refractivity contribution in [1.82, 2.24) is 15.0 Å². The van der Waals surface area contributed by atoms with Crippen LogP contribution >= 0.6 is 0 Å². The second-order valence-electron chi connectivity index (χ2n) is 4.03. The van der Waals surface area contributed by atoms with Crippen molar-refractivity contribution in [3.63, 3.8) is 0 Å². The second-order valence-corrected chi connectivity index (χ2v) is 4.03. The number of rotatable bonds is 4. The second kappa shape index (κ2) is 5.54. The van der Waals surface area contributed by atoms with Crippen molar-refractivity contribution < 1.29 is 14.4 Å². The number of ether oxygens (including phenoxy) is 1. The molecule has 2 atom stereocenters. The van der Waals surface area contributed by atoms with Gasteiger partial charge >= 0.3 is 0 Å². The first-order chi connectivity index (χ1) is 8.24. The highest BCUT2D eigenvalue weighted by Gasteiger charge is 2.26. The van der Waals surface area contributed by atoms with E-state index in [0.717, 1.165) is 19.6 Å². The molecule has 0 spiro atoms. The molecule has 0 saturated carbocycles. The van der Waals surface area contributed by atoms with Crippen LogP contribution in [0.4, 0.5) is 0 Å². The summed E-state index contributed by atoms with van der Waals surface area (Å²) < 4.78 is 10.6. The summed E-state index contributed by atoms with van der Waals surface area (Å²) in [5, 5.41) is 12.7. The fourth-order valence-corrected chi connectivity index (χ4v) is 1.75. The Kier molecular flexibility index (Phi) is 4.06. The van der Waals surface area contributed by atoms with Crippen molar-refractivity contribution >= 4 is 0 Å². The van der Waals surface area contributed by atoms with Crippen molar-refractivity contribution in [2.45, 2.75) is 19.1 Å². The Morgan fingerprint density at radius 1 is 1.65 bits per heavy atom. The minimum Gasteiger partial charge on any atom is -0.394 e. The monoisotopic (exact) mass is 242 g/mol. The molecule has 1 aromatic rings. The largest absolute Gasteiger partial charge is 0.394 e. The summed E-state index contributed by atoms with van der Waals surface area (Å²) in [7, 11) is 0. The summed E-state index contributed by atoms with van der Waals surface area (Å²) in [6.45, 7) is 5.20. The van der Waals surface area contributed by atoms with Gasteiger partial charge in [-0.25, -0.2) is 0 Å². The molecule has 1 fully saturated rings. The fourth-order valence-electron chi connectivity index (χ4n) is 1.75. The van der Waals surface area contributed by atoms with Gasteiger partial charge in [-0.3, -0.25) is 4.90 Å². The highest BCUT2D eigenvalue weighted by molar-refractivity contribution is 4.96. The molecule has 0 aliphatic carbocycles. The van der Waals surface area contributed by atoms with Crippen LogP contribution in [0.2, 0.25) is 0 Å². The van der Waals surface area contributed by atoms with Gasteiger partial charge in [0.2, 0.25) is 11.7 Å². The molecule has 17 heavy (non-hydrogen) atoms. The van der Waals surface area contributed by atoms with Crippen LogP contribution in [0.5, 0.6) is 0 Å². The standard InChI is InChI=1S/C10H18N4O3/c1-2-14-3-4-16-8(5-14)9-12-10(17-13-9)7(11)6-15/h7-8,15H,2-6,11H2,1H3/t7-,8?/m0/s1. The van der Waals surface area contributed by atoms with E-state index in [1.165, 1.54) is 0 Å². The Labute approximate surface area is 99.5 Å². The number of hydrogen-bond acceptors (Lipinski definition) is 7. The first kappa shape index (κ1) is 12.4. The lowest BCUT2D eigenvalue weighted by molar-refractivity contribution is -0.0334. The first-order valence-electron chi connectivity index (χ1n) is 5.78. The maximum atomic E-state index is 8.90. The summed E-state index contributed by atoms with van der Waals surface area (Å²) in [6.07, 6.45) is -0.174. The number of likely N-dealkylation sites (N-methyl/N-ethyl adjacent to an activating group) is 1. The lowest BCUT2D eigenvalue weighted by atomic mass is 10.2. The number of morpholine rings is 1. The number of hydrogen-bond donors (Lipinski definition) is 2. The lowest BCUT2D eigenvalue weighted by Gasteiger charge is -2.30. The normalized spacial score (nSPS) is 23.8. The van der Waals surface area contributed by atoms with E-state index in [1.54, 1.807) is 0 Å². The summed E-state index contributed by atoms with van der Waals surface area (Å²) in [5.74, 6) is 0.752. The zero-order chi connectivity index (χ0) is 12.3. The number of aliphatic hydroxyl groups excluding tert-OH is 1. The van der Waals surface area contributed by atoms with E-state index >= 15 is 0 Å². The van der Waals surface area contributed by atoms with Gasteiger partial charge < -0.3 is 20.1 Å². The predicted molar refractivity (Wildman–Crippen MR) is 59.1 cm³/mol. The van der Waals surface area contributed by atoms with Crippen LogP contribution in [0.3, 0.4) is 0 Å². The topological polar surface area (TPSA) is 97.6 Å². The zero-order valence-corrected chi connectivity index (χ0v) is 9.87. The van der Waals surface area contributed by atoms with Crippen LogP contribution < -0.4 is 5.73 Å². The highest BCUT2D eigenvalue weighted by Crippen LogP contribution is 2.20. The van der Waals surface area contributed by atoms with Gasteiger partial charge in [-0.15, -0.1) is 0 Å². The van der Waals surface area contributed by atoms with Crippen LogP contribution in [0.1, 0.15) is 30.8 Å². The molecule has 1 unspecified atom stereocenters. The predicted octanol–water partition coefficient (Wildman–Crippen LogP) is -0.545. The number of nitrogens with zero attached hydrogens (tertiary/aromatic N) is 3. The van der Waals surface area contributed by atoms with E-state index < -0.39 is 6.04 Å². The third kappa shape index (κ3) is 2.81. The Morgan fingerprint density at radius 3 is 3.18 bits per heavy atom. The van der Waals surface area contributed by atoms with Gasteiger partial charge in [0.15, 0.2) is 0 Å². The first-order valence-corrected chi connectivity index (χ1v) is 5.78. The Bertz CT molecular complexity index is 357. The zero-order valence-electron chi connectivity index (χ0n) is 9.87. The van der Waals surface area contributed by atoms with Gasteiger partial charge in [-0.2, -0.15) is 4.98 Å². The van der Waals surface area contributed by atoms with Crippen molar-refractivity contribution in [3.05, 3.63) is 11.7 Å². The molecule has 0 amide bonds. The molecule has 0 radical (unpaired) electrons. The Hall–Kier alpha value is -1.02. The summed E-state index contributed by atoms with van der Waals surface area (Å²) in [4.78, 5) is 6.42. The molecule has 1 aliphatic rings. The minimum absolute atomic E-state index is 0.174. The SMILES string of the molecule is CCN1CCOC(c2noc([C@@H](N)CO)n2)C1. The van der Waals surface area contributed by atoms with E-state index in [1.807, 2.05) is 0 Å². The van der Waals surface area contributed by atoms with Crippen LogP contribution in [-0.4, -0.2) is 53.0 Å². The van der Waals surface area contributed by atoms with Crippen molar-refractivity contribution in [2.24, 2.45) is 5.73 Å². The van der Waals surface area contributed by atoms with Crippen LogP contribution in [0, 0.1) is 0 Å². The molecular weight excluding hydrogens is 224 g/mol. The van der Waals surface area contributed by atoms with Gasteiger partial charge in [-0.05, 0) is 6.54 Å². The highest BCUT2D eigenvalue weighted by atomic mass is 16.5. The summed E-state index contributed by atoms with van der Waals surface area (Å²) in [5.41, 5.74) is 5.59. The molecule has 1 aliphatic heterocycles. The average molecular weight is 242 g/mol. The van der Waals surface area contributed by atoms with Crippen LogP contribution in [0.25, 0.3) is 0 Å². The summed E-state index contributed by atoms with van der Waals surface area (Å²) >= 11 is 0. The summed E-state index contributed by atoms with van der Waals surface area (Å²) in [6, 6.07) is -0.623. The quantitative estimate of drug-likeness (QED) is 0.731. The van der Waals surface area contributed by atoms with Gasteiger partial charge in [0, 0.05) is 13.1 Å². The van der Waals surface area contributed by atoms with E-state index in [-0.39, 0.29) is 18.6 Å². The third-order valence-corrected chi connectivity index (χ3v) is 2.86. The van der Waals surface area contributed by atoms with Crippen molar-refractivity contribution in [3.8, 4) is 0 Å². The van der Waals surface area contributed by atoms with Gasteiger partial charge in [0.1, 0.15) is 12.1 Å². The maximum Gasteiger partial charge on any atom is 0.246 e. The smallest absolute Gasteiger partial charge is 0.246 e. The van der Waals surface area contributed by atoms with Crippen LogP contribution in [-0.2, 0) is 4.74 Å². The van der Waals surface area contributed by atoms with Crippen molar-refractivity contribution in [1.29, 1.82) is 0 Å². The molecular formula is C10H18N4O3. The molecule has 96 valence electrons. The van der Waals surface area contributed by atoms with Crippen molar-refractivity contribution in [2.75, 3.05) is 32.8 Å². The lowest BCUT2D eigenvalue weighted by Crippen LogP contribution is -2.38.